The molecule has 4 nitrogen and oxygen atoms in total. The smallest absolute Gasteiger partial charge is 0.122 e. The Labute approximate surface area is 127 Å². The van der Waals surface area contributed by atoms with Crippen molar-refractivity contribution in [2.75, 3.05) is 7.11 Å². The second-order valence-electron chi connectivity index (χ2n) is 5.13. The van der Waals surface area contributed by atoms with Gasteiger partial charge in [0.2, 0.25) is 0 Å². The number of ether oxygens (including phenoxy) is 1. The number of methoxy groups -OCH3 is 1. The third-order valence-corrected chi connectivity index (χ3v) is 4.29. The molecule has 0 amide bonds. The van der Waals surface area contributed by atoms with Crippen LogP contribution in [0.3, 0.4) is 0 Å². The van der Waals surface area contributed by atoms with Gasteiger partial charge >= 0.3 is 0 Å². The summed E-state index contributed by atoms with van der Waals surface area (Å²) >= 11 is 3.57. The Morgan fingerprint density at radius 2 is 2.10 bits per heavy atom. The molecule has 0 radical (unpaired) electrons. The van der Waals surface area contributed by atoms with E-state index >= 15 is 0 Å². The van der Waals surface area contributed by atoms with Crippen LogP contribution in [-0.4, -0.2) is 17.3 Å². The molecule has 0 aliphatic heterocycles. The Bertz CT molecular complexity index is 620. The van der Waals surface area contributed by atoms with Crippen molar-refractivity contribution in [2.45, 2.75) is 33.2 Å². The molecule has 108 valence electrons. The van der Waals surface area contributed by atoms with Crippen LogP contribution in [-0.2, 0) is 6.54 Å². The first-order chi connectivity index (χ1) is 9.49. The summed E-state index contributed by atoms with van der Waals surface area (Å²) in [4.78, 5) is 0. The lowest BCUT2D eigenvalue weighted by Gasteiger charge is -2.15. The Balaban J connectivity index is 2.62. The predicted octanol–water partition coefficient (Wildman–Crippen LogP) is 3.74. The maximum Gasteiger partial charge on any atom is 0.122 e. The molecule has 20 heavy (non-hydrogen) atoms. The first kappa shape index (κ1) is 15.1. The van der Waals surface area contributed by atoms with Crippen LogP contribution >= 0.6 is 15.9 Å². The highest BCUT2D eigenvalue weighted by molar-refractivity contribution is 9.10. The Kier molecular flexibility index (Phi) is 4.50. The second kappa shape index (κ2) is 5.97. The minimum Gasteiger partial charge on any atom is -0.496 e. The summed E-state index contributed by atoms with van der Waals surface area (Å²) in [5.41, 5.74) is 10.9. The number of aryl methyl sites for hydroxylation is 1. The van der Waals surface area contributed by atoms with Crippen molar-refractivity contribution in [1.82, 2.24) is 10.2 Å². The molecule has 0 saturated carbocycles. The zero-order valence-corrected chi connectivity index (χ0v) is 13.8. The molecule has 1 aromatic carbocycles. The van der Waals surface area contributed by atoms with E-state index in [4.69, 9.17) is 10.5 Å². The van der Waals surface area contributed by atoms with Crippen LogP contribution < -0.4 is 10.5 Å². The van der Waals surface area contributed by atoms with Crippen LogP contribution in [0.25, 0.3) is 11.3 Å². The summed E-state index contributed by atoms with van der Waals surface area (Å²) in [5.74, 6) is 1.31. The lowest BCUT2D eigenvalue weighted by Crippen LogP contribution is -1.98. The maximum atomic E-state index is 5.68. The first-order valence-corrected chi connectivity index (χ1v) is 7.40. The van der Waals surface area contributed by atoms with Crippen LogP contribution in [0.2, 0.25) is 0 Å². The number of benzene rings is 1. The molecular formula is C15H20BrN3O. The number of nitrogens with one attached hydrogen (secondary N) is 1. The number of nitrogens with zero attached hydrogens (tertiary/aromatic N) is 1. The van der Waals surface area contributed by atoms with Crippen LogP contribution in [0.4, 0.5) is 0 Å². The van der Waals surface area contributed by atoms with Gasteiger partial charge in [0.25, 0.3) is 0 Å². The summed E-state index contributed by atoms with van der Waals surface area (Å²) in [5, 5.41) is 7.35. The molecule has 0 atom stereocenters. The number of halogens is 1. The monoisotopic (exact) mass is 337 g/mol. The standard InChI is InChI=1S/C15H20BrN3O/c1-8(2)10-6-11(9(3)5-13(10)20-4)15-14(16)12(7-17)18-19-15/h5-6,8H,7,17H2,1-4H3,(H,18,19). The second-order valence-corrected chi connectivity index (χ2v) is 5.93. The topological polar surface area (TPSA) is 63.9 Å². The van der Waals surface area contributed by atoms with Crippen LogP contribution in [0.15, 0.2) is 16.6 Å². The molecule has 0 bridgehead atoms. The number of aromatic nitrogens is 2. The van der Waals surface area contributed by atoms with Crippen molar-refractivity contribution in [3.05, 3.63) is 33.4 Å². The van der Waals surface area contributed by atoms with Gasteiger partial charge in [0.1, 0.15) is 11.4 Å². The van der Waals surface area contributed by atoms with E-state index in [1.54, 1.807) is 7.11 Å². The number of hydrogen-bond acceptors (Lipinski definition) is 3. The fourth-order valence-corrected chi connectivity index (χ4v) is 2.81. The minimum atomic E-state index is 0.385. The number of H-pyrrole nitrogens is 1. The Morgan fingerprint density at radius 1 is 1.40 bits per heavy atom. The number of aromatic amines is 1. The van der Waals surface area contributed by atoms with Crippen molar-refractivity contribution >= 4 is 15.9 Å². The minimum absolute atomic E-state index is 0.385. The van der Waals surface area contributed by atoms with E-state index < -0.39 is 0 Å². The van der Waals surface area contributed by atoms with Gasteiger partial charge in [0.15, 0.2) is 0 Å². The van der Waals surface area contributed by atoms with Gasteiger partial charge in [-0.1, -0.05) is 13.8 Å². The molecule has 1 heterocycles. The molecule has 3 N–H and O–H groups in total. The predicted molar refractivity (Wildman–Crippen MR) is 85.0 cm³/mol. The zero-order valence-electron chi connectivity index (χ0n) is 12.2. The highest BCUT2D eigenvalue weighted by Crippen LogP contribution is 2.37. The lowest BCUT2D eigenvalue weighted by molar-refractivity contribution is 0.407. The molecule has 2 rings (SSSR count). The van der Waals surface area contributed by atoms with E-state index in [-0.39, 0.29) is 0 Å². The molecule has 0 aliphatic rings. The molecule has 0 aliphatic carbocycles. The number of rotatable bonds is 4. The van der Waals surface area contributed by atoms with Gasteiger partial charge in [-0.25, -0.2) is 0 Å². The first-order valence-electron chi connectivity index (χ1n) is 6.61. The Hall–Kier alpha value is -1.33. The highest BCUT2D eigenvalue weighted by Gasteiger charge is 2.17. The summed E-state index contributed by atoms with van der Waals surface area (Å²) in [6.07, 6.45) is 0. The van der Waals surface area contributed by atoms with Crippen molar-refractivity contribution in [1.29, 1.82) is 0 Å². The van der Waals surface area contributed by atoms with Gasteiger partial charge in [0, 0.05) is 12.1 Å². The molecule has 5 heteroatoms. The normalized spacial score (nSPS) is 11.2. The fourth-order valence-electron chi connectivity index (χ4n) is 2.26. The van der Waals surface area contributed by atoms with E-state index in [1.807, 2.05) is 0 Å². The maximum absolute atomic E-state index is 5.68. The molecule has 1 aromatic heterocycles. The summed E-state index contributed by atoms with van der Waals surface area (Å²) in [6, 6.07) is 4.22. The lowest BCUT2D eigenvalue weighted by atomic mass is 9.95. The van der Waals surface area contributed by atoms with Crippen LogP contribution in [0.1, 0.15) is 36.6 Å². The summed E-state index contributed by atoms with van der Waals surface area (Å²) < 4.78 is 6.41. The molecular weight excluding hydrogens is 318 g/mol. The van der Waals surface area contributed by atoms with Gasteiger partial charge in [0.05, 0.1) is 17.3 Å². The van der Waals surface area contributed by atoms with Crippen molar-refractivity contribution in [2.24, 2.45) is 5.73 Å². The molecule has 0 saturated heterocycles. The average molecular weight is 338 g/mol. The van der Waals surface area contributed by atoms with Gasteiger partial charge in [-0.05, 0) is 52.0 Å². The fraction of sp³-hybridized carbons (Fsp3) is 0.400. The summed E-state index contributed by atoms with van der Waals surface area (Å²) in [7, 11) is 1.71. The van der Waals surface area contributed by atoms with Crippen molar-refractivity contribution in [3.8, 4) is 17.0 Å². The van der Waals surface area contributed by atoms with E-state index in [2.05, 4.69) is 59.0 Å². The average Bonchev–Trinajstić information content (AvgIpc) is 2.79. The van der Waals surface area contributed by atoms with E-state index in [9.17, 15) is 0 Å². The third kappa shape index (κ3) is 2.60. The Morgan fingerprint density at radius 3 is 2.60 bits per heavy atom. The van der Waals surface area contributed by atoms with Gasteiger partial charge < -0.3 is 10.5 Å². The van der Waals surface area contributed by atoms with Crippen molar-refractivity contribution < 1.29 is 4.74 Å². The largest absolute Gasteiger partial charge is 0.496 e. The summed E-state index contributed by atoms with van der Waals surface area (Å²) in [6.45, 7) is 6.80. The zero-order chi connectivity index (χ0) is 14.9. The molecule has 0 spiro atoms. The van der Waals surface area contributed by atoms with Gasteiger partial charge in [-0.2, -0.15) is 5.10 Å². The SMILES string of the molecule is COc1cc(C)c(-c2n[nH]c(CN)c2Br)cc1C(C)C. The van der Waals surface area contributed by atoms with E-state index in [1.165, 1.54) is 5.56 Å². The van der Waals surface area contributed by atoms with Crippen LogP contribution in [0.5, 0.6) is 5.75 Å². The molecule has 0 unspecified atom stereocenters. The van der Waals surface area contributed by atoms with Crippen molar-refractivity contribution in [3.63, 3.8) is 0 Å². The highest BCUT2D eigenvalue weighted by atomic mass is 79.9. The number of hydrogen-bond donors (Lipinski definition) is 2. The van der Waals surface area contributed by atoms with Crippen LogP contribution in [0, 0.1) is 6.92 Å². The van der Waals surface area contributed by atoms with E-state index in [0.29, 0.717) is 12.5 Å². The molecule has 0 fully saturated rings. The van der Waals surface area contributed by atoms with Gasteiger partial charge in [-0.15, -0.1) is 0 Å². The van der Waals surface area contributed by atoms with Gasteiger partial charge in [-0.3, -0.25) is 5.10 Å². The van der Waals surface area contributed by atoms with E-state index in [0.717, 1.165) is 32.7 Å². The number of nitrogens with two attached hydrogens (primary N) is 1. The quantitative estimate of drug-likeness (QED) is 0.893. The third-order valence-electron chi connectivity index (χ3n) is 3.43. The molecule has 2 aromatic rings.